The van der Waals surface area contributed by atoms with Gasteiger partial charge < -0.3 is 14.5 Å². The topological polar surface area (TPSA) is 70.2 Å². The first-order chi connectivity index (χ1) is 13.1. The number of piperidine rings is 1. The summed E-state index contributed by atoms with van der Waals surface area (Å²) in [7, 11) is 0. The molecule has 27 heavy (non-hydrogen) atoms. The summed E-state index contributed by atoms with van der Waals surface area (Å²) in [6.07, 6.45) is 2.77. The lowest BCUT2D eigenvalue weighted by atomic mass is 10.0. The first kappa shape index (κ1) is 17.8. The second kappa shape index (κ2) is 7.58. The molecule has 7 nitrogen and oxygen atoms in total. The highest BCUT2D eigenvalue weighted by Crippen LogP contribution is 2.28. The minimum atomic E-state index is -0.435. The van der Waals surface area contributed by atoms with Crippen molar-refractivity contribution >= 4 is 17.9 Å². The first-order valence-corrected chi connectivity index (χ1v) is 9.69. The largest absolute Gasteiger partial charge is 0.447 e. The standard InChI is InChI=1S/C20H25N3O4/c24-18-7-4-10-22(18)16-8-11-21(12-9-16)19(25)13-23-17(14-27-20(23)26)15-5-2-1-3-6-15/h1-3,5-6,16-17H,4,7-14H2/t17-/m1/s1. The van der Waals surface area contributed by atoms with E-state index in [-0.39, 0.29) is 37.0 Å². The number of carbonyl (C=O) groups is 3. The Morgan fingerprint density at radius 2 is 1.81 bits per heavy atom. The van der Waals surface area contributed by atoms with Crippen molar-refractivity contribution in [2.45, 2.75) is 37.8 Å². The maximum atomic E-state index is 12.8. The van der Waals surface area contributed by atoms with Gasteiger partial charge in [-0.25, -0.2) is 4.79 Å². The molecular weight excluding hydrogens is 346 g/mol. The van der Waals surface area contributed by atoms with Crippen LogP contribution >= 0.6 is 0 Å². The van der Waals surface area contributed by atoms with Crippen molar-refractivity contribution in [1.29, 1.82) is 0 Å². The predicted octanol–water partition coefficient (Wildman–Crippen LogP) is 1.79. The van der Waals surface area contributed by atoms with Crippen molar-refractivity contribution in [3.05, 3.63) is 35.9 Å². The van der Waals surface area contributed by atoms with E-state index in [1.54, 1.807) is 0 Å². The number of amides is 3. The van der Waals surface area contributed by atoms with Crippen molar-refractivity contribution in [3.8, 4) is 0 Å². The van der Waals surface area contributed by atoms with Crippen molar-refractivity contribution < 1.29 is 19.1 Å². The van der Waals surface area contributed by atoms with Gasteiger partial charge in [0.15, 0.2) is 0 Å². The zero-order valence-corrected chi connectivity index (χ0v) is 15.4. The summed E-state index contributed by atoms with van der Waals surface area (Å²) in [5, 5.41) is 0. The third-order valence-corrected chi connectivity index (χ3v) is 5.83. The lowest BCUT2D eigenvalue weighted by Crippen LogP contribution is -2.49. The Labute approximate surface area is 158 Å². The van der Waals surface area contributed by atoms with Crippen LogP contribution in [0.2, 0.25) is 0 Å². The van der Waals surface area contributed by atoms with E-state index in [0.29, 0.717) is 19.5 Å². The maximum Gasteiger partial charge on any atom is 0.410 e. The van der Waals surface area contributed by atoms with Gasteiger partial charge in [-0.3, -0.25) is 14.5 Å². The molecule has 7 heteroatoms. The SMILES string of the molecule is O=C(CN1C(=O)OC[C@@H]1c1ccccc1)N1CCC(N2CCCC2=O)CC1. The Morgan fingerprint density at radius 1 is 1.07 bits per heavy atom. The summed E-state index contributed by atoms with van der Waals surface area (Å²) in [4.78, 5) is 42.1. The van der Waals surface area contributed by atoms with Crippen LogP contribution in [0.15, 0.2) is 30.3 Å². The van der Waals surface area contributed by atoms with Crippen molar-refractivity contribution in [3.63, 3.8) is 0 Å². The summed E-state index contributed by atoms with van der Waals surface area (Å²) in [5.41, 5.74) is 0.974. The van der Waals surface area contributed by atoms with Crippen LogP contribution in [0, 0.1) is 0 Å². The molecule has 0 aromatic heterocycles. The molecular formula is C20H25N3O4. The fourth-order valence-electron chi connectivity index (χ4n) is 4.30. The molecule has 0 bridgehead atoms. The molecule has 0 unspecified atom stereocenters. The van der Waals surface area contributed by atoms with E-state index in [1.165, 1.54) is 4.90 Å². The number of likely N-dealkylation sites (tertiary alicyclic amines) is 2. The summed E-state index contributed by atoms with van der Waals surface area (Å²) < 4.78 is 5.19. The molecule has 1 aromatic rings. The molecule has 3 aliphatic heterocycles. The van der Waals surface area contributed by atoms with E-state index in [1.807, 2.05) is 40.1 Å². The first-order valence-electron chi connectivity index (χ1n) is 9.69. The fraction of sp³-hybridized carbons (Fsp3) is 0.550. The van der Waals surface area contributed by atoms with Crippen LogP contribution < -0.4 is 0 Å². The van der Waals surface area contributed by atoms with E-state index < -0.39 is 6.09 Å². The van der Waals surface area contributed by atoms with Crippen LogP contribution in [0.4, 0.5) is 4.79 Å². The fourth-order valence-corrected chi connectivity index (χ4v) is 4.30. The molecule has 3 amide bonds. The Kier molecular flexibility index (Phi) is 5.01. The number of hydrogen-bond donors (Lipinski definition) is 0. The van der Waals surface area contributed by atoms with Crippen molar-refractivity contribution in [2.75, 3.05) is 32.8 Å². The number of benzene rings is 1. The van der Waals surface area contributed by atoms with E-state index in [4.69, 9.17) is 4.74 Å². The number of rotatable bonds is 4. The second-order valence-electron chi connectivity index (χ2n) is 7.43. The molecule has 144 valence electrons. The van der Waals surface area contributed by atoms with E-state index in [9.17, 15) is 14.4 Å². The van der Waals surface area contributed by atoms with E-state index in [2.05, 4.69) is 0 Å². The highest BCUT2D eigenvalue weighted by atomic mass is 16.6. The van der Waals surface area contributed by atoms with Crippen LogP contribution in [0.5, 0.6) is 0 Å². The van der Waals surface area contributed by atoms with Crippen LogP contribution in [0.25, 0.3) is 0 Å². The molecule has 0 aliphatic carbocycles. The monoisotopic (exact) mass is 371 g/mol. The number of carbonyl (C=O) groups excluding carboxylic acids is 3. The average Bonchev–Trinajstić information content (AvgIpc) is 3.28. The smallest absolute Gasteiger partial charge is 0.410 e. The lowest BCUT2D eigenvalue weighted by Gasteiger charge is -2.37. The quantitative estimate of drug-likeness (QED) is 0.809. The minimum absolute atomic E-state index is 0.0334. The number of cyclic esters (lactones) is 1. The van der Waals surface area contributed by atoms with Gasteiger partial charge >= 0.3 is 6.09 Å². The van der Waals surface area contributed by atoms with Gasteiger partial charge in [0.25, 0.3) is 0 Å². The summed E-state index contributed by atoms with van der Waals surface area (Å²) >= 11 is 0. The zero-order chi connectivity index (χ0) is 18.8. The summed E-state index contributed by atoms with van der Waals surface area (Å²) in [6.45, 7) is 2.41. The Balaban J connectivity index is 1.35. The molecule has 1 aromatic carbocycles. The number of nitrogens with zero attached hydrogens (tertiary/aromatic N) is 3. The average molecular weight is 371 g/mol. The molecule has 0 radical (unpaired) electrons. The molecule has 4 rings (SSSR count). The van der Waals surface area contributed by atoms with Gasteiger partial charge in [0, 0.05) is 32.1 Å². The van der Waals surface area contributed by atoms with Crippen LogP contribution in [0.3, 0.4) is 0 Å². The van der Waals surface area contributed by atoms with Crippen LogP contribution in [0.1, 0.15) is 37.3 Å². The third kappa shape index (κ3) is 3.63. The van der Waals surface area contributed by atoms with Gasteiger partial charge in [0.2, 0.25) is 11.8 Å². The van der Waals surface area contributed by atoms with Crippen molar-refractivity contribution in [1.82, 2.24) is 14.7 Å². The van der Waals surface area contributed by atoms with Crippen LogP contribution in [-0.4, -0.2) is 71.4 Å². The molecule has 3 saturated heterocycles. The summed E-state index contributed by atoms with van der Waals surface area (Å²) in [5.74, 6) is 0.186. The van der Waals surface area contributed by atoms with E-state index in [0.717, 1.165) is 31.4 Å². The number of ether oxygens (including phenoxy) is 1. The highest BCUT2D eigenvalue weighted by Gasteiger charge is 2.37. The Bertz CT molecular complexity index is 715. The van der Waals surface area contributed by atoms with Gasteiger partial charge in [-0.05, 0) is 24.8 Å². The van der Waals surface area contributed by atoms with Gasteiger partial charge in [-0.2, -0.15) is 0 Å². The molecule has 1 atom stereocenters. The molecule has 0 N–H and O–H groups in total. The zero-order valence-electron chi connectivity index (χ0n) is 15.4. The second-order valence-corrected chi connectivity index (χ2v) is 7.43. The molecule has 0 saturated carbocycles. The van der Waals surface area contributed by atoms with Gasteiger partial charge in [0.05, 0.1) is 6.04 Å². The van der Waals surface area contributed by atoms with Crippen LogP contribution in [-0.2, 0) is 14.3 Å². The van der Waals surface area contributed by atoms with Gasteiger partial charge in [-0.15, -0.1) is 0 Å². The van der Waals surface area contributed by atoms with E-state index >= 15 is 0 Å². The molecule has 3 aliphatic rings. The lowest BCUT2D eigenvalue weighted by molar-refractivity contribution is -0.135. The van der Waals surface area contributed by atoms with Gasteiger partial charge in [0.1, 0.15) is 13.2 Å². The molecule has 3 heterocycles. The molecule has 0 spiro atoms. The van der Waals surface area contributed by atoms with Crippen molar-refractivity contribution in [2.24, 2.45) is 0 Å². The Morgan fingerprint density at radius 3 is 2.48 bits per heavy atom. The maximum absolute atomic E-state index is 12.8. The summed E-state index contributed by atoms with van der Waals surface area (Å²) in [6, 6.07) is 9.68. The Hall–Kier alpha value is -2.57. The normalized spacial score (nSPS) is 23.9. The van der Waals surface area contributed by atoms with Gasteiger partial charge in [-0.1, -0.05) is 30.3 Å². The minimum Gasteiger partial charge on any atom is -0.447 e. The highest BCUT2D eigenvalue weighted by molar-refractivity contribution is 5.83. The number of hydrogen-bond acceptors (Lipinski definition) is 4. The molecule has 3 fully saturated rings. The predicted molar refractivity (Wildman–Crippen MR) is 97.8 cm³/mol. The third-order valence-electron chi connectivity index (χ3n) is 5.83.